The fraction of sp³-hybridized carbons (Fsp3) is 0.538. The molecule has 0 spiro atoms. The van der Waals surface area contributed by atoms with Crippen molar-refractivity contribution in [1.29, 1.82) is 0 Å². The Kier molecular flexibility index (Phi) is 3.32. The molecule has 2 atom stereocenters. The minimum absolute atomic E-state index is 0. The second kappa shape index (κ2) is 4.46. The van der Waals surface area contributed by atoms with Crippen molar-refractivity contribution in [3.8, 4) is 0 Å². The molecule has 2 aliphatic rings. The standard InChI is InChI=1S/C13H17FN2.ClH/c1-8-3-4-12(14)13-11(8)5-10-7-15-6-9(2)16(10)13;/h3-4,9-10,15H,5-7H2,1-2H3;1H. The summed E-state index contributed by atoms with van der Waals surface area (Å²) in [6, 6.07) is 4.32. The first kappa shape index (κ1) is 12.7. The van der Waals surface area contributed by atoms with E-state index in [1.54, 1.807) is 6.07 Å². The van der Waals surface area contributed by atoms with E-state index in [2.05, 4.69) is 24.1 Å². The van der Waals surface area contributed by atoms with Gasteiger partial charge in [0.25, 0.3) is 0 Å². The first-order valence-electron chi connectivity index (χ1n) is 5.95. The van der Waals surface area contributed by atoms with Crippen molar-refractivity contribution in [2.45, 2.75) is 32.4 Å². The summed E-state index contributed by atoms with van der Waals surface area (Å²) in [6.45, 7) is 6.16. The van der Waals surface area contributed by atoms with Crippen LogP contribution in [0.25, 0.3) is 0 Å². The molecule has 2 heterocycles. The highest BCUT2D eigenvalue weighted by Gasteiger charge is 2.37. The van der Waals surface area contributed by atoms with Gasteiger partial charge in [0.1, 0.15) is 5.82 Å². The third-order valence-electron chi connectivity index (χ3n) is 3.85. The summed E-state index contributed by atoms with van der Waals surface area (Å²) in [7, 11) is 0. The van der Waals surface area contributed by atoms with Crippen molar-refractivity contribution in [1.82, 2.24) is 5.32 Å². The van der Waals surface area contributed by atoms with Gasteiger partial charge in [-0.05, 0) is 37.5 Å². The molecule has 2 aliphatic heterocycles. The average Bonchev–Trinajstić information content (AvgIpc) is 2.65. The highest BCUT2D eigenvalue weighted by molar-refractivity contribution is 5.85. The predicted molar refractivity (Wildman–Crippen MR) is 70.7 cm³/mol. The maximum absolute atomic E-state index is 14.0. The molecule has 17 heavy (non-hydrogen) atoms. The molecular weight excluding hydrogens is 239 g/mol. The number of hydrogen-bond acceptors (Lipinski definition) is 2. The Balaban J connectivity index is 0.00000108. The Morgan fingerprint density at radius 1 is 1.35 bits per heavy atom. The summed E-state index contributed by atoms with van der Waals surface area (Å²) in [5.74, 6) is -0.0585. The molecule has 1 saturated heterocycles. The summed E-state index contributed by atoms with van der Waals surface area (Å²) >= 11 is 0. The lowest BCUT2D eigenvalue weighted by Crippen LogP contribution is -2.55. The zero-order chi connectivity index (χ0) is 11.3. The van der Waals surface area contributed by atoms with Crippen LogP contribution in [0.4, 0.5) is 10.1 Å². The minimum Gasteiger partial charge on any atom is -0.360 e. The molecule has 0 aromatic heterocycles. The molecule has 1 aromatic rings. The van der Waals surface area contributed by atoms with Crippen LogP contribution in [-0.2, 0) is 6.42 Å². The van der Waals surface area contributed by atoms with Crippen molar-refractivity contribution < 1.29 is 4.39 Å². The molecule has 1 fully saturated rings. The number of aryl methyl sites for hydroxylation is 1. The van der Waals surface area contributed by atoms with Gasteiger partial charge in [0.05, 0.1) is 5.69 Å². The molecular formula is C13H18ClFN2. The third-order valence-corrected chi connectivity index (χ3v) is 3.85. The number of halogens is 2. The summed E-state index contributed by atoms with van der Waals surface area (Å²) in [4.78, 5) is 2.27. The smallest absolute Gasteiger partial charge is 0.146 e. The Morgan fingerprint density at radius 2 is 2.12 bits per heavy atom. The van der Waals surface area contributed by atoms with Gasteiger partial charge in [-0.15, -0.1) is 12.4 Å². The van der Waals surface area contributed by atoms with Crippen LogP contribution in [0, 0.1) is 12.7 Å². The van der Waals surface area contributed by atoms with Gasteiger partial charge in [0, 0.05) is 25.2 Å². The molecule has 0 radical (unpaired) electrons. The second-order valence-electron chi connectivity index (χ2n) is 4.96. The van der Waals surface area contributed by atoms with E-state index in [1.807, 2.05) is 6.07 Å². The molecule has 0 aliphatic carbocycles. The first-order chi connectivity index (χ1) is 7.68. The number of nitrogens with one attached hydrogen (secondary N) is 1. The van der Waals surface area contributed by atoms with E-state index < -0.39 is 0 Å². The Hall–Kier alpha value is -0.800. The fourth-order valence-electron chi connectivity index (χ4n) is 3.07. The lowest BCUT2D eigenvalue weighted by molar-refractivity contribution is 0.425. The summed E-state index contributed by atoms with van der Waals surface area (Å²) in [6.07, 6.45) is 0.982. The molecule has 3 rings (SSSR count). The lowest BCUT2D eigenvalue weighted by atomic mass is 10.0. The van der Waals surface area contributed by atoms with E-state index >= 15 is 0 Å². The maximum atomic E-state index is 14.0. The molecule has 1 N–H and O–H groups in total. The quantitative estimate of drug-likeness (QED) is 0.766. The number of fused-ring (bicyclic) bond motifs is 3. The Labute approximate surface area is 108 Å². The molecule has 0 amide bonds. The van der Waals surface area contributed by atoms with Crippen molar-refractivity contribution >= 4 is 18.1 Å². The van der Waals surface area contributed by atoms with Gasteiger partial charge >= 0.3 is 0 Å². The van der Waals surface area contributed by atoms with Gasteiger partial charge in [0.15, 0.2) is 0 Å². The summed E-state index contributed by atoms with van der Waals surface area (Å²) in [5.41, 5.74) is 3.29. The van der Waals surface area contributed by atoms with Crippen LogP contribution >= 0.6 is 12.4 Å². The zero-order valence-electron chi connectivity index (χ0n) is 10.2. The van der Waals surface area contributed by atoms with Crippen LogP contribution in [0.3, 0.4) is 0 Å². The van der Waals surface area contributed by atoms with E-state index in [0.717, 1.165) is 25.2 Å². The highest BCUT2D eigenvalue weighted by Crippen LogP contribution is 2.38. The van der Waals surface area contributed by atoms with E-state index in [-0.39, 0.29) is 18.2 Å². The lowest BCUT2D eigenvalue weighted by Gasteiger charge is -2.38. The number of benzene rings is 1. The first-order valence-corrected chi connectivity index (χ1v) is 5.95. The van der Waals surface area contributed by atoms with Crippen molar-refractivity contribution in [2.24, 2.45) is 0 Å². The van der Waals surface area contributed by atoms with Gasteiger partial charge in [-0.25, -0.2) is 4.39 Å². The predicted octanol–water partition coefficient (Wildman–Crippen LogP) is 2.28. The largest absolute Gasteiger partial charge is 0.360 e. The number of nitrogens with zero attached hydrogens (tertiary/aromatic N) is 1. The number of anilines is 1. The van der Waals surface area contributed by atoms with Crippen LogP contribution in [0.15, 0.2) is 12.1 Å². The SMILES string of the molecule is Cc1ccc(F)c2c1CC1CNCC(C)N21.Cl. The van der Waals surface area contributed by atoms with Crippen LogP contribution in [0.2, 0.25) is 0 Å². The van der Waals surface area contributed by atoms with Gasteiger partial charge in [-0.3, -0.25) is 0 Å². The van der Waals surface area contributed by atoms with Crippen molar-refractivity contribution in [3.63, 3.8) is 0 Å². The second-order valence-corrected chi connectivity index (χ2v) is 4.96. The normalized spacial score (nSPS) is 26.2. The fourth-order valence-corrected chi connectivity index (χ4v) is 3.07. The van der Waals surface area contributed by atoms with E-state index in [0.29, 0.717) is 12.1 Å². The number of hydrogen-bond donors (Lipinski definition) is 1. The van der Waals surface area contributed by atoms with Gasteiger partial charge in [-0.1, -0.05) is 6.07 Å². The van der Waals surface area contributed by atoms with E-state index in [4.69, 9.17) is 0 Å². The van der Waals surface area contributed by atoms with Gasteiger partial charge in [-0.2, -0.15) is 0 Å². The van der Waals surface area contributed by atoms with Crippen LogP contribution in [-0.4, -0.2) is 25.2 Å². The summed E-state index contributed by atoms with van der Waals surface area (Å²) in [5, 5.41) is 3.42. The molecule has 1 aromatic carbocycles. The molecule has 2 nitrogen and oxygen atoms in total. The zero-order valence-corrected chi connectivity index (χ0v) is 11.0. The average molecular weight is 257 g/mol. The van der Waals surface area contributed by atoms with Crippen molar-refractivity contribution in [3.05, 3.63) is 29.1 Å². The Morgan fingerprint density at radius 3 is 2.88 bits per heavy atom. The monoisotopic (exact) mass is 256 g/mol. The summed E-state index contributed by atoms with van der Waals surface area (Å²) < 4.78 is 14.0. The van der Waals surface area contributed by atoms with Crippen molar-refractivity contribution in [2.75, 3.05) is 18.0 Å². The van der Waals surface area contributed by atoms with Gasteiger partial charge < -0.3 is 10.2 Å². The topological polar surface area (TPSA) is 15.3 Å². The maximum Gasteiger partial charge on any atom is 0.146 e. The molecule has 2 unspecified atom stereocenters. The van der Waals surface area contributed by atoms with E-state index in [9.17, 15) is 4.39 Å². The van der Waals surface area contributed by atoms with Gasteiger partial charge in [0.2, 0.25) is 0 Å². The third kappa shape index (κ3) is 1.81. The number of rotatable bonds is 0. The van der Waals surface area contributed by atoms with Crippen LogP contribution < -0.4 is 10.2 Å². The van der Waals surface area contributed by atoms with Crippen LogP contribution in [0.5, 0.6) is 0 Å². The Bertz CT molecular complexity index is 436. The molecule has 0 bridgehead atoms. The number of piperazine rings is 1. The minimum atomic E-state index is -0.0585. The van der Waals surface area contributed by atoms with Crippen LogP contribution in [0.1, 0.15) is 18.1 Å². The van der Waals surface area contributed by atoms with E-state index in [1.165, 1.54) is 11.1 Å². The highest BCUT2D eigenvalue weighted by atomic mass is 35.5. The molecule has 4 heteroatoms. The molecule has 0 saturated carbocycles. The molecule has 94 valence electrons.